The van der Waals surface area contributed by atoms with E-state index in [4.69, 9.17) is 9.47 Å². The molecule has 0 aromatic heterocycles. The summed E-state index contributed by atoms with van der Waals surface area (Å²) in [6.45, 7) is 3.85. The van der Waals surface area contributed by atoms with Gasteiger partial charge in [0.15, 0.2) is 17.5 Å². The third-order valence-electron chi connectivity index (χ3n) is 3.39. The number of aliphatic imine (C=N–C) groups is 1. The van der Waals surface area contributed by atoms with Gasteiger partial charge in [0.1, 0.15) is 12.4 Å². The molecule has 0 aliphatic carbocycles. The fourth-order valence-electron chi connectivity index (χ4n) is 2.19. The summed E-state index contributed by atoms with van der Waals surface area (Å²) in [6, 6.07) is 14.6. The minimum Gasteiger partial charge on any atom is -0.492 e. The Morgan fingerprint density at radius 3 is 2.56 bits per heavy atom. The minimum atomic E-state index is -0.361. The van der Waals surface area contributed by atoms with Crippen LogP contribution in [0.3, 0.4) is 0 Å². The Morgan fingerprint density at radius 1 is 1.08 bits per heavy atom. The van der Waals surface area contributed by atoms with Gasteiger partial charge in [0.2, 0.25) is 0 Å². The van der Waals surface area contributed by atoms with Gasteiger partial charge in [0.05, 0.1) is 13.2 Å². The number of halogens is 1. The van der Waals surface area contributed by atoms with E-state index < -0.39 is 0 Å². The van der Waals surface area contributed by atoms with Crippen molar-refractivity contribution in [1.29, 1.82) is 0 Å². The Hall–Kier alpha value is -2.76. The molecule has 2 aromatic carbocycles. The second kappa shape index (κ2) is 10.2. The first-order valence-electron chi connectivity index (χ1n) is 8.26. The minimum absolute atomic E-state index is 0.270. The van der Waals surface area contributed by atoms with E-state index in [1.807, 2.05) is 43.3 Å². The van der Waals surface area contributed by atoms with Crippen LogP contribution in [-0.4, -0.2) is 32.8 Å². The maximum atomic E-state index is 13.8. The van der Waals surface area contributed by atoms with Crippen molar-refractivity contribution in [3.8, 4) is 11.5 Å². The molecule has 0 fully saturated rings. The van der Waals surface area contributed by atoms with Gasteiger partial charge in [-0.25, -0.2) is 4.39 Å². The van der Waals surface area contributed by atoms with Crippen LogP contribution in [0.4, 0.5) is 4.39 Å². The second-order valence-corrected chi connectivity index (χ2v) is 5.21. The van der Waals surface area contributed by atoms with Gasteiger partial charge in [-0.3, -0.25) is 4.99 Å². The highest BCUT2D eigenvalue weighted by atomic mass is 19.1. The molecule has 0 radical (unpaired) electrons. The molecule has 0 amide bonds. The standard InChI is InChI=1S/C19H24FN3O2/c1-3-24-18-10-9-15(13-17(18)20)14-23-19(21-2)22-11-12-25-16-7-5-4-6-8-16/h4-10,13H,3,11-12,14H2,1-2H3,(H2,21,22,23). The van der Waals surface area contributed by atoms with Crippen molar-refractivity contribution in [2.24, 2.45) is 4.99 Å². The molecule has 2 aromatic rings. The summed E-state index contributed by atoms with van der Waals surface area (Å²) < 4.78 is 24.6. The first-order valence-corrected chi connectivity index (χ1v) is 8.26. The lowest BCUT2D eigenvalue weighted by atomic mass is 10.2. The van der Waals surface area contributed by atoms with Crippen LogP contribution >= 0.6 is 0 Å². The van der Waals surface area contributed by atoms with E-state index in [2.05, 4.69) is 15.6 Å². The summed E-state index contributed by atoms with van der Waals surface area (Å²) in [7, 11) is 1.69. The number of rotatable bonds is 8. The Kier molecular flexibility index (Phi) is 7.56. The molecule has 0 heterocycles. The molecule has 2 rings (SSSR count). The van der Waals surface area contributed by atoms with E-state index in [0.717, 1.165) is 11.3 Å². The number of ether oxygens (including phenoxy) is 2. The van der Waals surface area contributed by atoms with E-state index in [9.17, 15) is 4.39 Å². The first-order chi connectivity index (χ1) is 12.2. The highest BCUT2D eigenvalue weighted by Gasteiger charge is 2.05. The molecule has 0 aliphatic heterocycles. The van der Waals surface area contributed by atoms with Crippen molar-refractivity contribution in [2.45, 2.75) is 13.5 Å². The van der Waals surface area contributed by atoms with Crippen LogP contribution in [0.5, 0.6) is 11.5 Å². The summed E-state index contributed by atoms with van der Waals surface area (Å²) in [5, 5.41) is 6.29. The summed E-state index contributed by atoms with van der Waals surface area (Å²) in [4.78, 5) is 4.14. The number of nitrogens with one attached hydrogen (secondary N) is 2. The molecule has 6 heteroatoms. The van der Waals surface area contributed by atoms with Gasteiger partial charge in [-0.2, -0.15) is 0 Å². The summed E-state index contributed by atoms with van der Waals surface area (Å²) >= 11 is 0. The van der Waals surface area contributed by atoms with Crippen LogP contribution in [0, 0.1) is 5.82 Å². The normalized spacial score (nSPS) is 11.1. The number of hydrogen-bond donors (Lipinski definition) is 2. The molecule has 2 N–H and O–H groups in total. The molecule has 0 bridgehead atoms. The van der Waals surface area contributed by atoms with Gasteiger partial charge in [-0.1, -0.05) is 24.3 Å². The van der Waals surface area contributed by atoms with E-state index in [-0.39, 0.29) is 11.6 Å². The van der Waals surface area contributed by atoms with Crippen LogP contribution in [0.1, 0.15) is 12.5 Å². The number of benzene rings is 2. The Balaban J connectivity index is 1.73. The maximum absolute atomic E-state index is 13.8. The topological polar surface area (TPSA) is 54.9 Å². The average molecular weight is 345 g/mol. The monoisotopic (exact) mass is 345 g/mol. The Bertz CT molecular complexity index is 678. The Morgan fingerprint density at radius 2 is 1.88 bits per heavy atom. The van der Waals surface area contributed by atoms with Crippen LogP contribution < -0.4 is 20.1 Å². The summed E-state index contributed by atoms with van der Waals surface area (Å²) in [5.74, 6) is 1.37. The molecular formula is C19H24FN3O2. The molecular weight excluding hydrogens is 321 g/mol. The van der Waals surface area contributed by atoms with Crippen molar-refractivity contribution >= 4 is 5.96 Å². The summed E-state index contributed by atoms with van der Waals surface area (Å²) in [6.07, 6.45) is 0. The molecule has 5 nitrogen and oxygen atoms in total. The molecule has 0 spiro atoms. The van der Waals surface area contributed by atoms with Crippen molar-refractivity contribution < 1.29 is 13.9 Å². The molecule has 134 valence electrons. The Labute approximate surface area is 147 Å². The van der Waals surface area contributed by atoms with E-state index in [0.29, 0.717) is 32.3 Å². The zero-order valence-corrected chi connectivity index (χ0v) is 14.6. The van der Waals surface area contributed by atoms with Crippen molar-refractivity contribution in [2.75, 3.05) is 26.8 Å². The van der Waals surface area contributed by atoms with Crippen molar-refractivity contribution in [1.82, 2.24) is 10.6 Å². The lowest BCUT2D eigenvalue weighted by Crippen LogP contribution is -2.38. The van der Waals surface area contributed by atoms with Crippen LogP contribution in [-0.2, 0) is 6.54 Å². The first kappa shape index (κ1) is 18.6. The van der Waals surface area contributed by atoms with E-state index in [1.54, 1.807) is 13.1 Å². The molecule has 0 saturated heterocycles. The number of para-hydroxylation sites is 1. The highest BCUT2D eigenvalue weighted by molar-refractivity contribution is 5.79. The predicted molar refractivity (Wildman–Crippen MR) is 97.7 cm³/mol. The zero-order valence-electron chi connectivity index (χ0n) is 14.6. The van der Waals surface area contributed by atoms with E-state index >= 15 is 0 Å². The van der Waals surface area contributed by atoms with Crippen molar-refractivity contribution in [3.63, 3.8) is 0 Å². The van der Waals surface area contributed by atoms with Gasteiger partial charge >= 0.3 is 0 Å². The van der Waals surface area contributed by atoms with Gasteiger partial charge in [-0.05, 0) is 36.8 Å². The van der Waals surface area contributed by atoms with Crippen LogP contribution in [0.25, 0.3) is 0 Å². The fourth-order valence-corrected chi connectivity index (χ4v) is 2.19. The lowest BCUT2D eigenvalue weighted by Gasteiger charge is -2.13. The van der Waals surface area contributed by atoms with Crippen LogP contribution in [0.15, 0.2) is 53.5 Å². The number of hydrogen-bond acceptors (Lipinski definition) is 3. The highest BCUT2D eigenvalue weighted by Crippen LogP contribution is 2.18. The molecule has 0 atom stereocenters. The van der Waals surface area contributed by atoms with E-state index in [1.165, 1.54) is 6.07 Å². The van der Waals surface area contributed by atoms with Gasteiger partial charge in [0.25, 0.3) is 0 Å². The van der Waals surface area contributed by atoms with Gasteiger partial charge in [-0.15, -0.1) is 0 Å². The third kappa shape index (κ3) is 6.33. The quantitative estimate of drug-likeness (QED) is 0.439. The maximum Gasteiger partial charge on any atom is 0.191 e. The average Bonchev–Trinajstić information content (AvgIpc) is 2.64. The predicted octanol–water partition coefficient (Wildman–Crippen LogP) is 2.97. The van der Waals surface area contributed by atoms with Gasteiger partial charge in [0, 0.05) is 13.6 Å². The smallest absolute Gasteiger partial charge is 0.191 e. The van der Waals surface area contributed by atoms with Crippen molar-refractivity contribution in [3.05, 3.63) is 59.9 Å². The number of nitrogens with zero attached hydrogens (tertiary/aromatic N) is 1. The van der Waals surface area contributed by atoms with Gasteiger partial charge < -0.3 is 20.1 Å². The second-order valence-electron chi connectivity index (χ2n) is 5.21. The lowest BCUT2D eigenvalue weighted by molar-refractivity contribution is 0.321. The number of guanidine groups is 1. The fraction of sp³-hybridized carbons (Fsp3) is 0.316. The molecule has 0 unspecified atom stereocenters. The third-order valence-corrected chi connectivity index (χ3v) is 3.39. The molecule has 0 aliphatic rings. The zero-order chi connectivity index (χ0) is 17.9. The molecule has 25 heavy (non-hydrogen) atoms. The van der Waals surface area contributed by atoms with Crippen LogP contribution in [0.2, 0.25) is 0 Å². The molecule has 0 saturated carbocycles. The largest absolute Gasteiger partial charge is 0.492 e. The summed E-state index contributed by atoms with van der Waals surface area (Å²) in [5.41, 5.74) is 0.810. The SMILES string of the molecule is CCOc1ccc(CNC(=NC)NCCOc2ccccc2)cc1F.